The quantitative estimate of drug-likeness (QED) is 0.0717. The average Bonchev–Trinajstić information content (AvgIpc) is 3.64. The molecule has 0 spiro atoms. The Labute approximate surface area is 430 Å². The Hall–Kier alpha value is -5.00. The molecule has 0 radical (unpaired) electrons. The lowest BCUT2D eigenvalue weighted by Crippen LogP contribution is -2.42. The number of fused-ring (bicyclic) bond motifs is 2. The van der Waals surface area contributed by atoms with Crippen LogP contribution in [0.15, 0.2) is 30.0 Å². The molecule has 2 saturated carbocycles. The number of allylic oxidation sites excluding steroid dienone is 2. The van der Waals surface area contributed by atoms with Crippen LogP contribution in [0.25, 0.3) is 11.1 Å². The number of nitrogens with zero attached hydrogens (tertiary/aromatic N) is 2. The molecule has 7 rings (SSSR count). The molecule has 2 unspecified atom stereocenters. The lowest BCUT2D eigenvalue weighted by molar-refractivity contribution is -0.292. The Morgan fingerprint density at radius 1 is 0.625 bits per heavy atom. The molecule has 12 heteroatoms. The van der Waals surface area contributed by atoms with Gasteiger partial charge in [-0.1, -0.05) is 83.8 Å². The van der Waals surface area contributed by atoms with E-state index in [2.05, 4.69) is 100.0 Å². The minimum Gasteiger partial charge on any atom is -0.871 e. The number of hydrogen-bond acceptors (Lipinski definition) is 7. The van der Waals surface area contributed by atoms with Crippen LogP contribution >= 0.6 is 0 Å². The van der Waals surface area contributed by atoms with Crippen molar-refractivity contribution in [1.29, 1.82) is 0 Å². The van der Waals surface area contributed by atoms with E-state index in [0.717, 1.165) is 86.4 Å². The molecule has 2 heterocycles. The third-order valence-corrected chi connectivity index (χ3v) is 17.3. The van der Waals surface area contributed by atoms with Crippen LogP contribution in [0.4, 0.5) is 17.1 Å². The van der Waals surface area contributed by atoms with Crippen molar-refractivity contribution in [2.24, 2.45) is 0 Å². The first-order valence-corrected chi connectivity index (χ1v) is 28.2. The number of rotatable bonds is 21. The summed E-state index contributed by atoms with van der Waals surface area (Å²) >= 11 is 0. The summed E-state index contributed by atoms with van der Waals surface area (Å²) in [4.78, 5) is 70.0. The van der Waals surface area contributed by atoms with Crippen LogP contribution in [-0.4, -0.2) is 65.7 Å². The molecule has 2 aliphatic heterocycles. The number of nitrogens with one attached hydrogen (secondary N) is 4. The van der Waals surface area contributed by atoms with Gasteiger partial charge in [-0.25, -0.2) is 4.58 Å². The zero-order chi connectivity index (χ0) is 52.1. The second-order valence-electron chi connectivity index (χ2n) is 23.8. The van der Waals surface area contributed by atoms with Gasteiger partial charge in [0.15, 0.2) is 11.8 Å². The molecular formula is C60H88N6O6. The van der Waals surface area contributed by atoms with Crippen molar-refractivity contribution in [3.05, 3.63) is 57.3 Å². The molecule has 4 N–H and O–H groups in total. The number of ketones is 1. The van der Waals surface area contributed by atoms with E-state index in [1.54, 1.807) is 0 Å². The lowest BCUT2D eigenvalue weighted by atomic mass is 9.76. The summed E-state index contributed by atoms with van der Waals surface area (Å²) in [5.74, 6) is -0.944. The number of carbonyl (C=O) groups excluding carboxylic acids is 5. The van der Waals surface area contributed by atoms with Crippen LogP contribution in [0, 0.1) is 0 Å². The minimum absolute atomic E-state index is 0.0442. The topological polar surface area (TPSA) is 163 Å². The molecule has 2 aromatic carbocycles. The normalized spacial score (nSPS) is 21.5. The molecule has 0 saturated heterocycles. The zero-order valence-electron chi connectivity index (χ0n) is 45.7. The van der Waals surface area contributed by atoms with E-state index in [9.17, 15) is 29.1 Å². The minimum atomic E-state index is -0.403. The van der Waals surface area contributed by atoms with Crippen molar-refractivity contribution in [2.45, 2.75) is 258 Å². The molecule has 0 bridgehead atoms. The highest BCUT2D eigenvalue weighted by Gasteiger charge is 2.47. The zero-order valence-corrected chi connectivity index (χ0v) is 45.7. The van der Waals surface area contributed by atoms with Gasteiger partial charge >= 0.3 is 0 Å². The summed E-state index contributed by atoms with van der Waals surface area (Å²) in [6.45, 7) is 21.8. The van der Waals surface area contributed by atoms with Gasteiger partial charge in [-0.15, -0.1) is 0 Å². The number of hydrogen-bond donors (Lipinski definition) is 4. The standard InChI is InChI=1S/C60H88N6O6/c1-37(2)65-39(5)59(7,8)45-33-43(47(35-49(45)65)63-53(69)31-23-13-11-21-29-51(67)61-41-25-17-15-18-26-41)55-57(71)56(58(55)72)44-34-46-50(66(38(3)4)40(6)60(46,9)10)36-48(44)64-54(70)32-24-14-12-22-30-52(68)62-42-27-19-16-20-28-42/h33-42H,11-32H2,1-10H3,(H4,61,62,63,64,67,68,69,70,71,72). The number of unbranched alkanes of at least 4 members (excludes halogenated alkanes) is 6. The van der Waals surface area contributed by atoms with E-state index in [-0.39, 0.29) is 82.6 Å². The summed E-state index contributed by atoms with van der Waals surface area (Å²) < 4.78 is 2.35. The van der Waals surface area contributed by atoms with E-state index in [4.69, 9.17) is 0 Å². The summed E-state index contributed by atoms with van der Waals surface area (Å²) in [6.07, 6.45) is 19.2. The predicted octanol–water partition coefficient (Wildman–Crippen LogP) is 9.12. The van der Waals surface area contributed by atoms with E-state index in [1.165, 1.54) is 38.5 Å². The maximum Gasteiger partial charge on any atom is 0.224 e. The number of Topliss-reactive ketones (excluding diaryl/α,β-unsaturated/α-hetero) is 1. The number of amides is 4. The average molecular weight is 989 g/mol. The van der Waals surface area contributed by atoms with Gasteiger partial charge in [0.1, 0.15) is 6.04 Å². The van der Waals surface area contributed by atoms with Gasteiger partial charge in [0.25, 0.3) is 0 Å². The summed E-state index contributed by atoms with van der Waals surface area (Å²) in [5, 5.41) is 29.0. The van der Waals surface area contributed by atoms with E-state index >= 15 is 0 Å². The monoisotopic (exact) mass is 989 g/mol. The third kappa shape index (κ3) is 12.0. The highest BCUT2D eigenvalue weighted by molar-refractivity contribution is 6.52. The summed E-state index contributed by atoms with van der Waals surface area (Å²) in [6, 6.07) is 9.01. The van der Waals surface area contributed by atoms with Crippen molar-refractivity contribution < 1.29 is 29.1 Å². The highest BCUT2D eigenvalue weighted by Crippen LogP contribution is 2.50. The van der Waals surface area contributed by atoms with Gasteiger partial charge in [-0.3, -0.25) is 24.0 Å². The fraction of sp³-hybridized carbons (Fsp3) is 0.667. The molecule has 4 amide bonds. The summed E-state index contributed by atoms with van der Waals surface area (Å²) in [7, 11) is 0. The molecular weight excluding hydrogens is 901 g/mol. The molecule has 2 atom stereocenters. The number of carbonyl (C=O) groups is 5. The fourth-order valence-electron chi connectivity index (χ4n) is 12.5. The van der Waals surface area contributed by atoms with Crippen molar-refractivity contribution >= 4 is 57.6 Å². The van der Waals surface area contributed by atoms with Gasteiger partial charge in [0, 0.05) is 94.5 Å². The maximum atomic E-state index is 14.9. The van der Waals surface area contributed by atoms with Crippen molar-refractivity contribution in [3.8, 4) is 0 Å². The van der Waals surface area contributed by atoms with Crippen molar-refractivity contribution in [2.75, 3.05) is 15.5 Å². The van der Waals surface area contributed by atoms with Crippen LogP contribution in [-0.2, 0) is 34.8 Å². The highest BCUT2D eigenvalue weighted by atomic mass is 16.3. The van der Waals surface area contributed by atoms with Crippen LogP contribution in [0.5, 0.6) is 0 Å². The molecule has 5 aliphatic rings. The number of anilines is 3. The second kappa shape index (κ2) is 23.5. The first-order chi connectivity index (χ1) is 34.2. The third-order valence-electron chi connectivity index (χ3n) is 17.3. The second-order valence-corrected chi connectivity index (χ2v) is 23.8. The van der Waals surface area contributed by atoms with Gasteiger partial charge in [-0.05, 0) is 131 Å². The van der Waals surface area contributed by atoms with Crippen LogP contribution in [0.2, 0.25) is 0 Å². The molecule has 2 fully saturated rings. The van der Waals surface area contributed by atoms with E-state index in [0.29, 0.717) is 59.9 Å². The smallest absolute Gasteiger partial charge is 0.224 e. The van der Waals surface area contributed by atoms with Gasteiger partial charge in [0.05, 0.1) is 16.8 Å². The predicted molar refractivity (Wildman–Crippen MR) is 289 cm³/mol. The van der Waals surface area contributed by atoms with E-state index in [1.807, 2.05) is 24.3 Å². The molecule has 12 nitrogen and oxygen atoms in total. The maximum absolute atomic E-state index is 14.9. The molecule has 72 heavy (non-hydrogen) atoms. The van der Waals surface area contributed by atoms with Crippen molar-refractivity contribution in [3.63, 3.8) is 0 Å². The Morgan fingerprint density at radius 2 is 1.11 bits per heavy atom. The van der Waals surface area contributed by atoms with Gasteiger partial charge in [-0.2, -0.15) is 0 Å². The van der Waals surface area contributed by atoms with Crippen LogP contribution in [0.1, 0.15) is 227 Å². The van der Waals surface area contributed by atoms with Crippen molar-refractivity contribution in [1.82, 2.24) is 15.2 Å². The Bertz CT molecular complexity index is 2530. The van der Waals surface area contributed by atoms with Gasteiger partial charge in [0.2, 0.25) is 29.0 Å². The molecule has 2 aromatic rings. The Kier molecular flexibility index (Phi) is 17.9. The summed E-state index contributed by atoms with van der Waals surface area (Å²) in [5.41, 5.74) is 3.77. The first kappa shape index (κ1) is 54.8. The fourth-order valence-corrected chi connectivity index (χ4v) is 12.5. The van der Waals surface area contributed by atoms with E-state index < -0.39 is 11.5 Å². The number of benzene rings is 2. The molecule has 394 valence electrons. The Balaban J connectivity index is 1.13. The largest absolute Gasteiger partial charge is 0.871 e. The van der Waals surface area contributed by atoms with Crippen LogP contribution in [0.3, 0.4) is 0 Å². The van der Waals surface area contributed by atoms with Crippen LogP contribution < -0.4 is 46.4 Å². The Morgan fingerprint density at radius 3 is 1.58 bits per heavy atom. The molecule has 0 aromatic heterocycles. The molecule has 3 aliphatic carbocycles. The van der Waals surface area contributed by atoms with Gasteiger partial charge < -0.3 is 31.3 Å². The first-order valence-electron chi connectivity index (χ1n) is 28.2. The SMILES string of the molecule is CC(C)N1c2cc(NC(=O)CCCCCCC(=O)NC3CCCCC3)c(C3=C([O-])/C(=c4/cc5c(cc4NC(=O)CCCCCCC(=O)NC4CCCCC4)=[N+](C(C)C)C(C)C5(C)C)C3=O)cc2C(C)(C)C1C. The lowest BCUT2D eigenvalue weighted by Gasteiger charge is -2.34.